The molecule has 2 aromatic heterocycles. The maximum atomic E-state index is 4.25. The molecule has 1 nitrogen and oxygen atoms in total. The SMILES string of the molecule is Sc1csc(-c2cccs2)n1. The molecule has 0 spiro atoms. The maximum absolute atomic E-state index is 4.25. The van der Waals surface area contributed by atoms with E-state index >= 15 is 0 Å². The van der Waals surface area contributed by atoms with Crippen LogP contribution >= 0.6 is 35.3 Å². The molecule has 0 unspecified atom stereocenters. The Balaban J connectivity index is 2.45. The minimum atomic E-state index is 0.804. The second-order valence-electron chi connectivity index (χ2n) is 1.99. The molecule has 0 aliphatic carbocycles. The van der Waals surface area contributed by atoms with Gasteiger partial charge in [-0.15, -0.1) is 35.3 Å². The molecule has 0 saturated heterocycles. The molecular weight excluding hydrogens is 194 g/mol. The Kier molecular flexibility index (Phi) is 1.98. The van der Waals surface area contributed by atoms with Crippen molar-refractivity contribution in [3.63, 3.8) is 0 Å². The highest BCUT2D eigenvalue weighted by atomic mass is 32.1. The highest BCUT2D eigenvalue weighted by molar-refractivity contribution is 7.80. The molecule has 0 atom stereocenters. The van der Waals surface area contributed by atoms with Crippen molar-refractivity contribution in [1.82, 2.24) is 4.98 Å². The first-order valence-corrected chi connectivity index (χ1v) is 5.25. The van der Waals surface area contributed by atoms with Crippen LogP contribution in [-0.2, 0) is 0 Å². The van der Waals surface area contributed by atoms with Crippen molar-refractivity contribution in [3.8, 4) is 9.88 Å². The summed E-state index contributed by atoms with van der Waals surface area (Å²) in [6.45, 7) is 0. The lowest BCUT2D eigenvalue weighted by molar-refractivity contribution is 1.22. The highest BCUT2D eigenvalue weighted by Gasteiger charge is 2.01. The van der Waals surface area contributed by atoms with Gasteiger partial charge >= 0.3 is 0 Å². The molecule has 2 aromatic rings. The molecule has 0 radical (unpaired) electrons. The van der Waals surface area contributed by atoms with E-state index in [1.165, 1.54) is 4.88 Å². The van der Waals surface area contributed by atoms with Crippen LogP contribution in [0, 0.1) is 0 Å². The third kappa shape index (κ3) is 1.47. The lowest BCUT2D eigenvalue weighted by atomic mass is 10.5. The Morgan fingerprint density at radius 1 is 1.36 bits per heavy atom. The zero-order valence-corrected chi connectivity index (χ0v) is 8.05. The third-order valence-electron chi connectivity index (χ3n) is 1.22. The molecule has 0 aromatic carbocycles. The molecular formula is C7H5NS3. The first-order valence-electron chi connectivity index (χ1n) is 3.04. The minimum Gasteiger partial charge on any atom is -0.229 e. The van der Waals surface area contributed by atoms with Crippen LogP contribution in [0.4, 0.5) is 0 Å². The Morgan fingerprint density at radius 2 is 2.27 bits per heavy atom. The predicted octanol–water partition coefficient (Wildman–Crippen LogP) is 3.16. The predicted molar refractivity (Wildman–Crippen MR) is 52.7 cm³/mol. The van der Waals surface area contributed by atoms with E-state index in [0.717, 1.165) is 10.0 Å². The molecule has 0 amide bonds. The van der Waals surface area contributed by atoms with Crippen LogP contribution in [0.15, 0.2) is 27.9 Å². The van der Waals surface area contributed by atoms with E-state index in [9.17, 15) is 0 Å². The standard InChI is InChI=1S/C7H5NS3/c9-6-4-11-7(8-6)5-2-1-3-10-5/h1-4,9H. The van der Waals surface area contributed by atoms with Gasteiger partial charge in [0.05, 0.1) is 4.88 Å². The van der Waals surface area contributed by atoms with E-state index in [1.807, 2.05) is 11.4 Å². The van der Waals surface area contributed by atoms with Crippen molar-refractivity contribution in [2.24, 2.45) is 0 Å². The summed E-state index contributed by atoms with van der Waals surface area (Å²) in [4.78, 5) is 5.46. The summed E-state index contributed by atoms with van der Waals surface area (Å²) in [5.74, 6) is 0. The molecule has 0 aliphatic rings. The van der Waals surface area contributed by atoms with Crippen LogP contribution < -0.4 is 0 Å². The number of aromatic nitrogens is 1. The van der Waals surface area contributed by atoms with Gasteiger partial charge in [0.1, 0.15) is 10.0 Å². The summed E-state index contributed by atoms with van der Waals surface area (Å²) < 4.78 is 0. The van der Waals surface area contributed by atoms with E-state index in [2.05, 4.69) is 29.1 Å². The first-order chi connectivity index (χ1) is 5.36. The normalized spacial score (nSPS) is 10.3. The van der Waals surface area contributed by atoms with E-state index < -0.39 is 0 Å². The molecule has 11 heavy (non-hydrogen) atoms. The Morgan fingerprint density at radius 3 is 2.82 bits per heavy atom. The van der Waals surface area contributed by atoms with Gasteiger partial charge in [0.2, 0.25) is 0 Å². The highest BCUT2D eigenvalue weighted by Crippen LogP contribution is 2.28. The second kappa shape index (κ2) is 2.97. The van der Waals surface area contributed by atoms with Gasteiger partial charge in [-0.3, -0.25) is 0 Å². The Bertz CT molecular complexity index is 336. The summed E-state index contributed by atoms with van der Waals surface area (Å²) in [5.41, 5.74) is 0. The second-order valence-corrected chi connectivity index (χ2v) is 4.25. The van der Waals surface area contributed by atoms with Gasteiger partial charge in [0, 0.05) is 5.38 Å². The first kappa shape index (κ1) is 7.34. The van der Waals surface area contributed by atoms with Crippen LogP contribution in [0.25, 0.3) is 9.88 Å². The van der Waals surface area contributed by atoms with Crippen LogP contribution in [-0.4, -0.2) is 4.98 Å². The van der Waals surface area contributed by atoms with Crippen molar-refractivity contribution in [3.05, 3.63) is 22.9 Å². The van der Waals surface area contributed by atoms with Crippen LogP contribution in [0.3, 0.4) is 0 Å². The van der Waals surface area contributed by atoms with Gasteiger partial charge in [-0.1, -0.05) is 6.07 Å². The fourth-order valence-corrected chi connectivity index (χ4v) is 2.61. The van der Waals surface area contributed by atoms with Crippen LogP contribution in [0.5, 0.6) is 0 Å². The molecule has 0 saturated carbocycles. The van der Waals surface area contributed by atoms with E-state index in [1.54, 1.807) is 22.7 Å². The minimum absolute atomic E-state index is 0.804. The van der Waals surface area contributed by atoms with Gasteiger partial charge in [-0.2, -0.15) is 0 Å². The summed E-state index contributed by atoms with van der Waals surface area (Å²) in [5, 5.41) is 5.86. The number of hydrogen-bond donors (Lipinski definition) is 1. The van der Waals surface area contributed by atoms with Gasteiger partial charge in [-0.05, 0) is 11.4 Å². The fraction of sp³-hybridized carbons (Fsp3) is 0. The molecule has 0 aliphatic heterocycles. The zero-order valence-electron chi connectivity index (χ0n) is 5.52. The average molecular weight is 199 g/mol. The van der Waals surface area contributed by atoms with Crippen molar-refractivity contribution >= 4 is 35.3 Å². The fourth-order valence-electron chi connectivity index (χ4n) is 0.779. The van der Waals surface area contributed by atoms with E-state index in [4.69, 9.17) is 0 Å². The molecule has 4 heteroatoms. The quantitative estimate of drug-likeness (QED) is 0.696. The number of nitrogens with zero attached hydrogens (tertiary/aromatic N) is 1. The Hall–Kier alpha value is -0.320. The number of hydrogen-bond acceptors (Lipinski definition) is 4. The van der Waals surface area contributed by atoms with E-state index in [-0.39, 0.29) is 0 Å². The molecule has 0 N–H and O–H groups in total. The van der Waals surface area contributed by atoms with Crippen LogP contribution in [0.2, 0.25) is 0 Å². The summed E-state index contributed by atoms with van der Waals surface area (Å²) in [6, 6.07) is 4.09. The Labute approximate surface area is 78.1 Å². The van der Waals surface area contributed by atoms with E-state index in [0.29, 0.717) is 0 Å². The lowest BCUT2D eigenvalue weighted by Crippen LogP contribution is -1.66. The van der Waals surface area contributed by atoms with Crippen molar-refractivity contribution in [1.29, 1.82) is 0 Å². The number of thiol groups is 1. The van der Waals surface area contributed by atoms with Crippen molar-refractivity contribution in [2.45, 2.75) is 5.03 Å². The van der Waals surface area contributed by atoms with Gasteiger partial charge in [0.15, 0.2) is 0 Å². The van der Waals surface area contributed by atoms with Crippen molar-refractivity contribution in [2.75, 3.05) is 0 Å². The number of thiophene rings is 1. The van der Waals surface area contributed by atoms with Crippen LogP contribution in [0.1, 0.15) is 0 Å². The molecule has 2 heterocycles. The summed E-state index contributed by atoms with van der Waals surface area (Å²) in [6.07, 6.45) is 0. The summed E-state index contributed by atoms with van der Waals surface area (Å²) in [7, 11) is 0. The van der Waals surface area contributed by atoms with Gasteiger partial charge < -0.3 is 0 Å². The smallest absolute Gasteiger partial charge is 0.134 e. The number of thiazole rings is 1. The lowest BCUT2D eigenvalue weighted by Gasteiger charge is -1.84. The molecule has 56 valence electrons. The largest absolute Gasteiger partial charge is 0.229 e. The average Bonchev–Trinajstić information content (AvgIpc) is 2.55. The third-order valence-corrected chi connectivity index (χ3v) is 3.51. The monoisotopic (exact) mass is 199 g/mol. The topological polar surface area (TPSA) is 12.9 Å². The van der Waals surface area contributed by atoms with Gasteiger partial charge in [-0.25, -0.2) is 4.98 Å². The number of rotatable bonds is 1. The maximum Gasteiger partial charge on any atom is 0.134 e. The molecule has 2 rings (SSSR count). The van der Waals surface area contributed by atoms with Gasteiger partial charge in [0.25, 0.3) is 0 Å². The van der Waals surface area contributed by atoms with Crippen molar-refractivity contribution < 1.29 is 0 Å². The zero-order chi connectivity index (χ0) is 7.68. The molecule has 0 bridgehead atoms. The summed E-state index contributed by atoms with van der Waals surface area (Å²) >= 11 is 7.47. The molecule has 0 fully saturated rings.